The van der Waals surface area contributed by atoms with Crippen LogP contribution in [0.15, 0.2) is 24.5 Å². The third-order valence-electron chi connectivity index (χ3n) is 5.01. The van der Waals surface area contributed by atoms with Crippen LogP contribution >= 0.6 is 0 Å². The molecule has 21 heavy (non-hydrogen) atoms. The van der Waals surface area contributed by atoms with Gasteiger partial charge in [0.2, 0.25) is 5.91 Å². The van der Waals surface area contributed by atoms with Gasteiger partial charge in [-0.3, -0.25) is 9.78 Å². The lowest BCUT2D eigenvalue weighted by atomic mass is 9.80. The fourth-order valence-electron chi connectivity index (χ4n) is 3.96. The van der Waals surface area contributed by atoms with Gasteiger partial charge in [-0.15, -0.1) is 0 Å². The van der Waals surface area contributed by atoms with E-state index in [2.05, 4.69) is 28.2 Å². The Bertz CT molecular complexity index is 482. The van der Waals surface area contributed by atoms with Gasteiger partial charge in [0.1, 0.15) is 0 Å². The van der Waals surface area contributed by atoms with Crippen molar-refractivity contribution in [3.05, 3.63) is 30.1 Å². The molecule has 0 spiro atoms. The van der Waals surface area contributed by atoms with Crippen molar-refractivity contribution >= 4 is 5.91 Å². The summed E-state index contributed by atoms with van der Waals surface area (Å²) in [6.45, 7) is 4.88. The maximum absolute atomic E-state index is 13.2. The molecule has 2 atom stereocenters. The van der Waals surface area contributed by atoms with E-state index in [-0.39, 0.29) is 11.5 Å². The van der Waals surface area contributed by atoms with E-state index in [1.54, 1.807) is 6.20 Å². The third kappa shape index (κ3) is 2.69. The lowest BCUT2D eigenvalue weighted by Crippen LogP contribution is -2.45. The van der Waals surface area contributed by atoms with Gasteiger partial charge in [0.05, 0.1) is 11.5 Å². The summed E-state index contributed by atoms with van der Waals surface area (Å²) < 4.78 is 0. The molecular weight excluding hydrogens is 262 g/mol. The highest BCUT2D eigenvalue weighted by atomic mass is 16.2. The van der Waals surface area contributed by atoms with Gasteiger partial charge < -0.3 is 10.2 Å². The zero-order valence-corrected chi connectivity index (χ0v) is 12.8. The minimum absolute atomic E-state index is 0.167. The van der Waals surface area contributed by atoms with Crippen molar-refractivity contribution in [2.75, 3.05) is 19.6 Å². The Balaban J connectivity index is 1.82. The van der Waals surface area contributed by atoms with Crippen molar-refractivity contribution in [3.8, 4) is 0 Å². The molecular formula is C17H25N3O. The number of nitrogens with zero attached hydrogens (tertiary/aromatic N) is 2. The predicted octanol–water partition coefficient (Wildman–Crippen LogP) is 2.52. The highest BCUT2D eigenvalue weighted by molar-refractivity contribution is 5.84. The smallest absolute Gasteiger partial charge is 0.230 e. The van der Waals surface area contributed by atoms with E-state index in [1.807, 2.05) is 12.3 Å². The van der Waals surface area contributed by atoms with E-state index in [0.29, 0.717) is 5.91 Å². The molecule has 0 bridgehead atoms. The topological polar surface area (TPSA) is 45.2 Å². The van der Waals surface area contributed by atoms with Crippen LogP contribution in [0.3, 0.4) is 0 Å². The quantitative estimate of drug-likeness (QED) is 0.925. The summed E-state index contributed by atoms with van der Waals surface area (Å²) in [4.78, 5) is 19.6. The predicted molar refractivity (Wildman–Crippen MR) is 82.8 cm³/mol. The van der Waals surface area contributed by atoms with E-state index < -0.39 is 0 Å². The minimum Gasteiger partial charge on any atom is -0.335 e. The third-order valence-corrected chi connectivity index (χ3v) is 5.01. The van der Waals surface area contributed by atoms with Gasteiger partial charge in [0.25, 0.3) is 0 Å². The summed E-state index contributed by atoms with van der Waals surface area (Å²) in [7, 11) is 0. The molecule has 2 fully saturated rings. The summed E-state index contributed by atoms with van der Waals surface area (Å²) in [5.74, 6) is 0.362. The van der Waals surface area contributed by atoms with Gasteiger partial charge >= 0.3 is 0 Å². The highest BCUT2D eigenvalue weighted by Crippen LogP contribution is 2.39. The molecule has 3 rings (SSSR count). The van der Waals surface area contributed by atoms with E-state index in [0.717, 1.165) is 51.7 Å². The molecule has 0 aliphatic carbocycles. The largest absolute Gasteiger partial charge is 0.335 e. The Morgan fingerprint density at radius 3 is 3.14 bits per heavy atom. The van der Waals surface area contributed by atoms with Crippen LogP contribution < -0.4 is 5.32 Å². The fraction of sp³-hybridized carbons (Fsp3) is 0.647. The number of amides is 1. The van der Waals surface area contributed by atoms with Gasteiger partial charge in [-0.2, -0.15) is 0 Å². The molecule has 1 aromatic rings. The van der Waals surface area contributed by atoms with Crippen LogP contribution in [0.25, 0.3) is 0 Å². The number of carbonyl (C=O) groups excluding carboxylic acids is 1. The molecule has 1 aromatic heterocycles. The molecule has 2 saturated heterocycles. The second-order valence-electron chi connectivity index (χ2n) is 6.40. The van der Waals surface area contributed by atoms with Crippen molar-refractivity contribution in [3.63, 3.8) is 0 Å². The second kappa shape index (κ2) is 6.14. The van der Waals surface area contributed by atoms with Gasteiger partial charge in [-0.25, -0.2) is 0 Å². The summed E-state index contributed by atoms with van der Waals surface area (Å²) >= 11 is 0. The van der Waals surface area contributed by atoms with Crippen molar-refractivity contribution in [1.29, 1.82) is 0 Å². The van der Waals surface area contributed by atoms with E-state index in [9.17, 15) is 4.79 Å². The van der Waals surface area contributed by atoms with E-state index in [1.165, 1.54) is 5.56 Å². The molecule has 2 unspecified atom stereocenters. The van der Waals surface area contributed by atoms with Crippen LogP contribution in [0.5, 0.6) is 0 Å². The molecule has 1 amide bonds. The Labute approximate surface area is 126 Å². The number of hydrogen-bond donors (Lipinski definition) is 1. The first-order valence-corrected chi connectivity index (χ1v) is 8.18. The van der Waals surface area contributed by atoms with Crippen LogP contribution in [-0.2, 0) is 4.79 Å². The first-order valence-electron chi connectivity index (χ1n) is 8.18. The van der Waals surface area contributed by atoms with Crippen LogP contribution in [0, 0.1) is 5.41 Å². The van der Waals surface area contributed by atoms with E-state index in [4.69, 9.17) is 0 Å². The van der Waals surface area contributed by atoms with Crippen molar-refractivity contribution in [2.24, 2.45) is 5.41 Å². The van der Waals surface area contributed by atoms with Crippen LogP contribution in [0.4, 0.5) is 0 Å². The van der Waals surface area contributed by atoms with Crippen LogP contribution in [0.1, 0.15) is 50.6 Å². The fourth-order valence-corrected chi connectivity index (χ4v) is 3.96. The van der Waals surface area contributed by atoms with Crippen LogP contribution in [-0.4, -0.2) is 35.4 Å². The molecule has 4 nitrogen and oxygen atoms in total. The number of pyridine rings is 1. The van der Waals surface area contributed by atoms with Gasteiger partial charge in [-0.1, -0.05) is 19.4 Å². The van der Waals surface area contributed by atoms with Crippen molar-refractivity contribution in [2.45, 2.75) is 45.1 Å². The maximum atomic E-state index is 13.2. The zero-order chi connectivity index (χ0) is 14.7. The molecule has 2 aliphatic heterocycles. The molecule has 4 heteroatoms. The molecule has 3 heterocycles. The first-order chi connectivity index (χ1) is 10.3. The SMILES string of the molecule is CCCC1(C(=O)N2CCCC2c2cccnc2)CCNC1. The molecule has 0 saturated carbocycles. The lowest BCUT2D eigenvalue weighted by molar-refractivity contribution is -0.142. The summed E-state index contributed by atoms with van der Waals surface area (Å²) in [6, 6.07) is 4.29. The standard InChI is InChI=1S/C17H25N3O/c1-2-7-17(8-10-19-13-17)16(21)20-11-4-6-15(20)14-5-3-9-18-12-14/h3,5,9,12,15,19H,2,4,6-8,10-11,13H2,1H3. The van der Waals surface area contributed by atoms with E-state index >= 15 is 0 Å². The summed E-state index contributed by atoms with van der Waals surface area (Å²) in [5, 5.41) is 3.40. The van der Waals surface area contributed by atoms with Gasteiger partial charge in [0.15, 0.2) is 0 Å². The number of carbonyl (C=O) groups is 1. The lowest BCUT2D eigenvalue weighted by Gasteiger charge is -2.35. The molecule has 0 radical (unpaired) electrons. The second-order valence-corrected chi connectivity index (χ2v) is 6.40. The monoisotopic (exact) mass is 287 g/mol. The van der Waals surface area contributed by atoms with Gasteiger partial charge in [0, 0.05) is 25.5 Å². The highest BCUT2D eigenvalue weighted by Gasteiger charge is 2.45. The number of aromatic nitrogens is 1. The number of nitrogens with one attached hydrogen (secondary N) is 1. The summed E-state index contributed by atoms with van der Waals surface area (Å²) in [6.07, 6.45) is 8.91. The van der Waals surface area contributed by atoms with Crippen LogP contribution in [0.2, 0.25) is 0 Å². The van der Waals surface area contributed by atoms with Gasteiger partial charge in [-0.05, 0) is 43.9 Å². The number of likely N-dealkylation sites (tertiary alicyclic amines) is 1. The first kappa shape index (κ1) is 14.5. The molecule has 2 aliphatic rings. The summed E-state index contributed by atoms with van der Waals surface area (Å²) in [5.41, 5.74) is 1.01. The maximum Gasteiger partial charge on any atom is 0.230 e. The normalized spacial score (nSPS) is 29.0. The zero-order valence-electron chi connectivity index (χ0n) is 12.8. The number of hydrogen-bond acceptors (Lipinski definition) is 3. The minimum atomic E-state index is -0.167. The number of rotatable bonds is 4. The Morgan fingerprint density at radius 2 is 2.48 bits per heavy atom. The Hall–Kier alpha value is -1.42. The molecule has 0 aromatic carbocycles. The molecule has 114 valence electrons. The Morgan fingerprint density at radius 1 is 1.57 bits per heavy atom. The Kier molecular flexibility index (Phi) is 4.24. The van der Waals surface area contributed by atoms with Crippen molar-refractivity contribution < 1.29 is 4.79 Å². The molecule has 1 N–H and O–H groups in total. The average Bonchev–Trinajstić information content (AvgIpc) is 3.17. The van der Waals surface area contributed by atoms with Crippen molar-refractivity contribution in [1.82, 2.24) is 15.2 Å². The average molecular weight is 287 g/mol.